The van der Waals surface area contributed by atoms with Crippen molar-refractivity contribution in [2.75, 3.05) is 6.54 Å². The Morgan fingerprint density at radius 3 is 2.42 bits per heavy atom. The average Bonchev–Trinajstić information content (AvgIpc) is 2.51. The van der Waals surface area contributed by atoms with Crippen LogP contribution in [0.2, 0.25) is 0 Å². The van der Waals surface area contributed by atoms with Crippen LogP contribution in [0.1, 0.15) is 6.92 Å². The summed E-state index contributed by atoms with van der Waals surface area (Å²) in [4.78, 5) is 15.8. The number of ether oxygens (including phenoxy) is 3. The first-order valence-corrected chi connectivity index (χ1v) is 7.66. The summed E-state index contributed by atoms with van der Waals surface area (Å²) in [6.07, 6.45) is -6.04. The van der Waals surface area contributed by atoms with Crippen LogP contribution < -0.4 is 0 Å². The normalized spacial score (nSPS) is 27.5. The van der Waals surface area contributed by atoms with E-state index in [-0.39, 0.29) is 0 Å². The van der Waals surface area contributed by atoms with Gasteiger partial charge in [-0.05, 0) is 11.1 Å². The van der Waals surface area contributed by atoms with E-state index in [0.717, 1.165) is 6.92 Å². The molecular weight excluding hydrogens is 427 g/mol. The first kappa shape index (κ1) is 22.3. The number of azide groups is 2. The van der Waals surface area contributed by atoms with E-state index in [1.54, 1.807) is 0 Å². The monoisotopic (exact) mass is 435 g/mol. The first-order valence-electron chi connectivity index (χ1n) is 6.53. The molecule has 0 bridgehead atoms. The topological polar surface area (TPSA) is 166 Å². The maximum atomic E-state index is 14.7. The predicted octanol–water partition coefficient (Wildman–Crippen LogP) is 3.63. The van der Waals surface area contributed by atoms with Crippen molar-refractivity contribution in [3.05, 3.63) is 20.9 Å². The molecule has 1 fully saturated rings. The van der Waals surface area contributed by atoms with Crippen molar-refractivity contribution in [2.24, 2.45) is 10.2 Å². The molecule has 0 aromatic carbocycles. The van der Waals surface area contributed by atoms with Gasteiger partial charge >= 0.3 is 11.9 Å². The van der Waals surface area contributed by atoms with Crippen LogP contribution in [-0.4, -0.2) is 52.7 Å². The molecule has 0 aliphatic carbocycles. The molecule has 0 aromatic rings. The summed E-state index contributed by atoms with van der Waals surface area (Å²) >= 11 is 16.2. The number of carbonyl (C=O) groups is 1. The fraction of sp³-hybridized carbons (Fsp3) is 0.800. The highest BCUT2D eigenvalue weighted by atomic mass is 35.6. The molecule has 11 nitrogen and oxygen atoms in total. The third kappa shape index (κ3) is 5.37. The Balaban J connectivity index is 3.29. The van der Waals surface area contributed by atoms with Crippen molar-refractivity contribution >= 4 is 46.7 Å². The maximum Gasteiger partial charge on any atom is 0.303 e. The molecule has 0 amide bonds. The zero-order valence-corrected chi connectivity index (χ0v) is 15.0. The smallest absolute Gasteiger partial charge is 0.303 e. The number of hydrogen-bond donors (Lipinski definition) is 1. The summed E-state index contributed by atoms with van der Waals surface area (Å²) in [6, 6.07) is -2.38. The number of nitrogens with one attached hydrogen (secondary N) is 1. The molecule has 0 spiro atoms. The van der Waals surface area contributed by atoms with Gasteiger partial charge in [-0.15, -0.1) is 0 Å². The van der Waals surface area contributed by atoms with Gasteiger partial charge in [0.05, 0.1) is 6.54 Å². The Bertz CT molecular complexity index is 663. The third-order valence-corrected chi connectivity index (χ3v) is 3.48. The van der Waals surface area contributed by atoms with Gasteiger partial charge in [-0.3, -0.25) is 10.2 Å². The summed E-state index contributed by atoms with van der Waals surface area (Å²) in [7, 11) is 0. The molecule has 1 heterocycles. The second-order valence-corrected chi connectivity index (χ2v) is 7.04. The summed E-state index contributed by atoms with van der Waals surface area (Å²) in [5.41, 5.74) is 16.9. The van der Waals surface area contributed by atoms with Crippen LogP contribution in [0.25, 0.3) is 20.9 Å². The molecule has 1 aliphatic heterocycles. The Morgan fingerprint density at radius 1 is 1.35 bits per heavy atom. The van der Waals surface area contributed by atoms with E-state index in [1.165, 1.54) is 0 Å². The largest absolute Gasteiger partial charge is 0.453 e. The van der Waals surface area contributed by atoms with E-state index in [2.05, 4.69) is 24.8 Å². The number of esters is 1. The van der Waals surface area contributed by atoms with Crippen molar-refractivity contribution in [3.63, 3.8) is 0 Å². The Kier molecular flexibility index (Phi) is 7.51. The van der Waals surface area contributed by atoms with Gasteiger partial charge in [-0.1, -0.05) is 45.0 Å². The molecule has 0 saturated carbocycles. The summed E-state index contributed by atoms with van der Waals surface area (Å²) < 4.78 is 41.5. The van der Waals surface area contributed by atoms with Crippen LogP contribution in [0.4, 0.5) is 8.78 Å². The molecule has 1 rings (SSSR count). The number of hydrogen-bond acceptors (Lipinski definition) is 7. The van der Waals surface area contributed by atoms with Crippen LogP contribution in [0.3, 0.4) is 0 Å². The lowest BCUT2D eigenvalue weighted by atomic mass is 9.95. The fourth-order valence-corrected chi connectivity index (χ4v) is 2.10. The first-order chi connectivity index (χ1) is 11.9. The Hall–Kier alpha value is -1.75. The minimum atomic E-state index is -4.02. The predicted molar refractivity (Wildman–Crippen MR) is 85.2 cm³/mol. The highest BCUT2D eigenvalue weighted by Gasteiger charge is 2.61. The van der Waals surface area contributed by atoms with Crippen LogP contribution in [0.5, 0.6) is 0 Å². The molecule has 144 valence electrons. The van der Waals surface area contributed by atoms with Crippen molar-refractivity contribution in [2.45, 2.75) is 41.2 Å². The average molecular weight is 437 g/mol. The van der Waals surface area contributed by atoms with Crippen LogP contribution in [0.15, 0.2) is 10.2 Å². The van der Waals surface area contributed by atoms with Crippen LogP contribution in [0, 0.1) is 5.41 Å². The highest BCUT2D eigenvalue weighted by molar-refractivity contribution is 6.76. The van der Waals surface area contributed by atoms with E-state index in [9.17, 15) is 13.6 Å². The Labute approximate surface area is 159 Å². The van der Waals surface area contributed by atoms with Crippen LogP contribution >= 0.6 is 34.8 Å². The molecule has 4 atom stereocenters. The summed E-state index contributed by atoms with van der Waals surface area (Å²) in [6.45, 7) is 0.179. The number of nitrogens with zero attached hydrogens (tertiary/aromatic N) is 6. The summed E-state index contributed by atoms with van der Waals surface area (Å²) in [5.74, 6) is -6.20. The third-order valence-electron chi connectivity index (χ3n) is 2.96. The fourth-order valence-electron chi connectivity index (χ4n) is 1.97. The number of alkyl halides is 5. The minimum absolute atomic E-state index is 0.687. The SMILES string of the molecule is CC(=O)O[C@@H]1[C@@H](CN=[N+]=[N-])O[C@H](OC(=N)C(Cl)(Cl)Cl)C(N=[N+]=[N-])C1(F)F. The quantitative estimate of drug-likeness (QED) is 0.132. The molecule has 26 heavy (non-hydrogen) atoms. The second-order valence-electron chi connectivity index (χ2n) is 4.76. The van der Waals surface area contributed by atoms with E-state index in [4.69, 9.17) is 60.7 Å². The molecule has 0 radical (unpaired) electrons. The van der Waals surface area contributed by atoms with Crippen molar-refractivity contribution in [1.29, 1.82) is 5.41 Å². The lowest BCUT2D eigenvalue weighted by Crippen LogP contribution is -2.64. The zero-order chi connectivity index (χ0) is 20.1. The van der Waals surface area contributed by atoms with Crippen molar-refractivity contribution in [1.82, 2.24) is 0 Å². The standard InChI is InChI=1S/C10H10Cl3F2N7O4/c1-3(23)24-6-4(2-19-21-17)25-7(26-8(16)10(11,12)13)5(20-22-18)9(6,14)15/h4-7,16H,2H2,1H3/t4-,5?,6-,7-/m1/s1. The molecule has 16 heteroatoms. The second kappa shape index (κ2) is 8.76. The van der Waals surface area contributed by atoms with Gasteiger partial charge < -0.3 is 14.2 Å². The summed E-state index contributed by atoms with van der Waals surface area (Å²) in [5, 5.41) is 13.4. The maximum absolute atomic E-state index is 14.7. The van der Waals surface area contributed by atoms with Crippen LogP contribution in [-0.2, 0) is 19.0 Å². The van der Waals surface area contributed by atoms with Gasteiger partial charge in [0, 0.05) is 16.7 Å². The molecular formula is C10H10Cl3F2N7O4. The minimum Gasteiger partial charge on any atom is -0.453 e. The lowest BCUT2D eigenvalue weighted by Gasteiger charge is -2.43. The Morgan fingerprint density at radius 2 is 1.96 bits per heavy atom. The van der Waals surface area contributed by atoms with Gasteiger partial charge in [0.2, 0.25) is 12.2 Å². The molecule has 1 N–H and O–H groups in total. The van der Waals surface area contributed by atoms with Gasteiger partial charge in [-0.25, -0.2) is 8.78 Å². The van der Waals surface area contributed by atoms with E-state index in [0.29, 0.717) is 0 Å². The molecule has 1 unspecified atom stereocenters. The van der Waals surface area contributed by atoms with Crippen molar-refractivity contribution in [3.8, 4) is 0 Å². The molecule has 1 saturated heterocycles. The van der Waals surface area contributed by atoms with Gasteiger partial charge in [0.15, 0.2) is 12.1 Å². The highest BCUT2D eigenvalue weighted by Crippen LogP contribution is 2.40. The van der Waals surface area contributed by atoms with Crippen molar-refractivity contribution < 1.29 is 27.8 Å². The molecule has 0 aromatic heterocycles. The number of halogens is 5. The molecule has 1 aliphatic rings. The van der Waals surface area contributed by atoms with Gasteiger partial charge in [0.25, 0.3) is 3.79 Å². The number of carbonyl (C=O) groups excluding carboxylic acids is 1. The number of rotatable bonds is 5. The lowest BCUT2D eigenvalue weighted by molar-refractivity contribution is -0.289. The van der Waals surface area contributed by atoms with E-state index >= 15 is 0 Å². The van der Waals surface area contributed by atoms with E-state index < -0.39 is 52.7 Å². The van der Waals surface area contributed by atoms with E-state index in [1.807, 2.05) is 0 Å². The van der Waals surface area contributed by atoms with Gasteiger partial charge in [-0.2, -0.15) is 0 Å². The van der Waals surface area contributed by atoms with Gasteiger partial charge in [0.1, 0.15) is 6.10 Å². The zero-order valence-electron chi connectivity index (χ0n) is 12.7.